The second-order valence-electron chi connectivity index (χ2n) is 2.68. The molecule has 0 aliphatic heterocycles. The lowest BCUT2D eigenvalue weighted by atomic mass is 10.2. The molecular weight excluding hydrogens is 200 g/mol. The van der Waals surface area contributed by atoms with Gasteiger partial charge in [0.15, 0.2) is 0 Å². The first-order valence-electron chi connectivity index (χ1n) is 4.00. The van der Waals surface area contributed by atoms with Crippen molar-refractivity contribution >= 4 is 35.0 Å². The van der Waals surface area contributed by atoms with E-state index in [2.05, 4.69) is 22.3 Å². The zero-order valence-electron chi connectivity index (χ0n) is 7.48. The van der Waals surface area contributed by atoms with E-state index in [1.807, 2.05) is 24.3 Å². The summed E-state index contributed by atoms with van der Waals surface area (Å²) in [5.74, 6) is 0.364. The van der Waals surface area contributed by atoms with E-state index in [0.717, 1.165) is 11.0 Å². The van der Waals surface area contributed by atoms with Crippen LogP contribution in [-0.2, 0) is 17.3 Å². The van der Waals surface area contributed by atoms with Gasteiger partial charge in [-0.1, -0.05) is 12.1 Å². The first-order chi connectivity index (χ1) is 6.86. The van der Waals surface area contributed by atoms with Crippen molar-refractivity contribution in [2.24, 2.45) is 4.36 Å². The van der Waals surface area contributed by atoms with Crippen molar-refractivity contribution in [3.05, 3.63) is 24.3 Å². The molecule has 0 saturated carbocycles. The van der Waals surface area contributed by atoms with Crippen molar-refractivity contribution < 1.29 is 9.25 Å². The molecule has 0 fully saturated rings. The fourth-order valence-corrected chi connectivity index (χ4v) is 1.43. The van der Waals surface area contributed by atoms with Crippen molar-refractivity contribution in [3.8, 4) is 0 Å². The molecule has 5 heteroatoms. The molecular formula is C9H8N2O2S. The Kier molecular flexibility index (Phi) is 2.43. The smallest absolute Gasteiger partial charge is 0.257 e. The number of nitrogens with one attached hydrogen (secondary N) is 1. The zero-order chi connectivity index (χ0) is 9.97. The zero-order valence-corrected chi connectivity index (χ0v) is 8.30. The maximum Gasteiger partial charge on any atom is 0.257 e. The molecule has 4 nitrogen and oxygen atoms in total. The van der Waals surface area contributed by atoms with Crippen LogP contribution < -0.4 is 5.48 Å². The van der Waals surface area contributed by atoms with E-state index in [1.165, 1.54) is 7.11 Å². The fraction of sp³-hybridized carbons (Fsp3) is 0.111. The van der Waals surface area contributed by atoms with Gasteiger partial charge in [-0.15, -0.1) is 4.36 Å². The molecule has 0 bridgehead atoms. The molecule has 1 N–H and O–H groups in total. The fourth-order valence-electron chi connectivity index (χ4n) is 1.30. The molecule has 0 atom stereocenters. The summed E-state index contributed by atoms with van der Waals surface area (Å²) in [4.78, 5) is 4.82. The lowest BCUT2D eigenvalue weighted by Crippen LogP contribution is -1.93. The Hall–Kier alpha value is -1.46. The van der Waals surface area contributed by atoms with Gasteiger partial charge < -0.3 is 4.42 Å². The van der Waals surface area contributed by atoms with Crippen LogP contribution in [0, 0.1) is 0 Å². The molecule has 14 heavy (non-hydrogen) atoms. The van der Waals surface area contributed by atoms with Gasteiger partial charge in [-0.25, -0.2) is 0 Å². The van der Waals surface area contributed by atoms with Crippen molar-refractivity contribution in [3.63, 3.8) is 0 Å². The van der Waals surface area contributed by atoms with E-state index in [4.69, 9.17) is 9.25 Å². The average Bonchev–Trinajstić information content (AvgIpc) is 2.58. The summed E-state index contributed by atoms with van der Waals surface area (Å²) in [6.07, 6.45) is 0. The molecule has 0 amide bonds. The quantitative estimate of drug-likeness (QED) is 0.788. The van der Waals surface area contributed by atoms with E-state index >= 15 is 0 Å². The predicted octanol–water partition coefficient (Wildman–Crippen LogP) is 2.77. The summed E-state index contributed by atoms with van der Waals surface area (Å²) in [5.41, 5.74) is 4.09. The van der Waals surface area contributed by atoms with Crippen LogP contribution in [0.1, 0.15) is 0 Å². The van der Waals surface area contributed by atoms with Gasteiger partial charge in [0.2, 0.25) is 0 Å². The maximum atomic E-state index is 5.39. The Morgan fingerprint density at radius 3 is 2.93 bits per heavy atom. The van der Waals surface area contributed by atoms with Gasteiger partial charge in [0.05, 0.1) is 7.11 Å². The molecule has 2 rings (SSSR count). The van der Waals surface area contributed by atoms with Gasteiger partial charge in [0.1, 0.15) is 11.3 Å². The summed E-state index contributed by atoms with van der Waals surface area (Å²) in [5, 5.41) is 0.901. The minimum Gasteiger partial charge on any atom is -0.436 e. The van der Waals surface area contributed by atoms with Crippen molar-refractivity contribution in [1.82, 2.24) is 0 Å². The number of hydrogen-bond acceptors (Lipinski definition) is 5. The standard InChI is InChI=1S/C9H8N2O2S/c1-12-10-8-6-4-2-3-5-7(6)13-9(8)11-14/h2-5,10H,1H3. The maximum absolute atomic E-state index is 5.39. The number of para-hydroxylation sites is 1. The molecule has 72 valence electrons. The molecule has 0 radical (unpaired) electrons. The Bertz CT molecular complexity index is 467. The van der Waals surface area contributed by atoms with Crippen LogP contribution in [0.5, 0.6) is 0 Å². The monoisotopic (exact) mass is 208 g/mol. The third kappa shape index (κ3) is 1.36. The highest BCUT2D eigenvalue weighted by atomic mass is 32.1. The summed E-state index contributed by atoms with van der Waals surface area (Å²) < 4.78 is 8.99. The molecule has 1 aromatic carbocycles. The van der Waals surface area contributed by atoms with Crippen LogP contribution in [0.25, 0.3) is 11.0 Å². The molecule has 1 aromatic heterocycles. The lowest BCUT2D eigenvalue weighted by molar-refractivity contribution is 0.271. The number of anilines is 1. The minimum atomic E-state index is 0.364. The van der Waals surface area contributed by atoms with Gasteiger partial charge >= 0.3 is 0 Å². The number of hydrogen-bond donors (Lipinski definition) is 1. The van der Waals surface area contributed by atoms with Crippen LogP contribution in [0.3, 0.4) is 0 Å². The van der Waals surface area contributed by atoms with Gasteiger partial charge in [-0.05, 0) is 12.1 Å². The summed E-state index contributed by atoms with van der Waals surface area (Å²) >= 11 is 4.60. The number of furan rings is 1. The Morgan fingerprint density at radius 1 is 1.43 bits per heavy atom. The third-order valence-corrected chi connectivity index (χ3v) is 2.03. The van der Waals surface area contributed by atoms with Crippen molar-refractivity contribution in [1.29, 1.82) is 0 Å². The topological polar surface area (TPSA) is 46.8 Å². The van der Waals surface area contributed by atoms with E-state index in [1.54, 1.807) is 0 Å². The number of nitrogens with zero attached hydrogens (tertiary/aromatic N) is 1. The number of fused-ring (bicyclic) bond motifs is 1. The summed E-state index contributed by atoms with van der Waals surface area (Å²) in [7, 11) is 1.52. The van der Waals surface area contributed by atoms with Crippen molar-refractivity contribution in [2.45, 2.75) is 0 Å². The SMILES string of the molecule is CONc1c(N=S)oc2ccccc12. The first kappa shape index (κ1) is 9.11. The second kappa shape index (κ2) is 3.73. The molecule has 0 aliphatic rings. The van der Waals surface area contributed by atoms with Crippen LogP contribution >= 0.6 is 0 Å². The first-order valence-corrected chi connectivity index (χ1v) is 4.37. The van der Waals surface area contributed by atoms with Crippen LogP contribution in [0.4, 0.5) is 11.6 Å². The largest absolute Gasteiger partial charge is 0.436 e. The van der Waals surface area contributed by atoms with Gasteiger partial charge in [-0.3, -0.25) is 10.3 Å². The third-order valence-electron chi connectivity index (χ3n) is 1.86. The highest BCUT2D eigenvalue weighted by molar-refractivity contribution is 7.47. The minimum absolute atomic E-state index is 0.364. The summed E-state index contributed by atoms with van der Waals surface area (Å²) in [6, 6.07) is 7.55. The Morgan fingerprint density at radius 2 is 2.21 bits per heavy atom. The van der Waals surface area contributed by atoms with E-state index in [-0.39, 0.29) is 0 Å². The van der Waals surface area contributed by atoms with E-state index in [9.17, 15) is 0 Å². The lowest BCUT2D eigenvalue weighted by Gasteiger charge is -1.99. The van der Waals surface area contributed by atoms with Gasteiger partial charge in [0, 0.05) is 17.8 Å². The molecule has 1 heterocycles. The molecule has 0 saturated heterocycles. The van der Waals surface area contributed by atoms with Crippen LogP contribution in [-0.4, -0.2) is 7.11 Å². The van der Waals surface area contributed by atoms with Crippen LogP contribution in [0.15, 0.2) is 33.0 Å². The second-order valence-corrected chi connectivity index (χ2v) is 2.86. The van der Waals surface area contributed by atoms with Crippen molar-refractivity contribution in [2.75, 3.05) is 12.6 Å². The Labute approximate surface area is 86.0 Å². The average molecular weight is 208 g/mol. The number of rotatable bonds is 3. The van der Waals surface area contributed by atoms with Crippen LogP contribution in [0.2, 0.25) is 0 Å². The summed E-state index contributed by atoms with van der Waals surface area (Å²) in [6.45, 7) is 0. The van der Waals surface area contributed by atoms with E-state index in [0.29, 0.717) is 11.6 Å². The highest BCUT2D eigenvalue weighted by Gasteiger charge is 2.12. The molecule has 0 spiro atoms. The highest BCUT2D eigenvalue weighted by Crippen LogP contribution is 2.36. The normalized spacial score (nSPS) is 10.4. The van der Waals surface area contributed by atoms with Gasteiger partial charge in [0.25, 0.3) is 5.88 Å². The van der Waals surface area contributed by atoms with E-state index < -0.39 is 0 Å². The molecule has 2 aromatic rings. The predicted molar refractivity (Wildman–Crippen MR) is 56.3 cm³/mol. The Balaban J connectivity index is 2.67. The van der Waals surface area contributed by atoms with Gasteiger partial charge in [-0.2, -0.15) is 0 Å². The molecule has 0 unspecified atom stereocenters. The molecule has 0 aliphatic carbocycles. The number of benzene rings is 1.